The van der Waals surface area contributed by atoms with Crippen molar-refractivity contribution in [3.05, 3.63) is 40.2 Å². The van der Waals surface area contributed by atoms with E-state index in [1.165, 1.54) is 0 Å². The monoisotopic (exact) mass is 327 g/mol. The number of hydrogen-bond donors (Lipinski definition) is 1. The molecular formula is C14H18ClN3O2S. The first-order valence-electron chi connectivity index (χ1n) is 6.60. The number of nitrogens with zero attached hydrogens (tertiary/aromatic N) is 2. The third-order valence-corrected chi connectivity index (χ3v) is 5.42. The van der Waals surface area contributed by atoms with Crippen LogP contribution in [-0.4, -0.2) is 18.2 Å². The van der Waals surface area contributed by atoms with Crippen LogP contribution in [0.3, 0.4) is 0 Å². The highest BCUT2D eigenvalue weighted by Gasteiger charge is 2.25. The summed E-state index contributed by atoms with van der Waals surface area (Å²) >= 11 is 6.03. The number of nitrogens with one attached hydrogen (secondary N) is 1. The van der Waals surface area contributed by atoms with Gasteiger partial charge in [-0.3, -0.25) is 9.40 Å². The van der Waals surface area contributed by atoms with E-state index in [4.69, 9.17) is 11.6 Å². The molecule has 0 atom stereocenters. The number of halogens is 1. The molecule has 0 saturated heterocycles. The Labute approximate surface area is 130 Å². The van der Waals surface area contributed by atoms with Gasteiger partial charge in [0.15, 0.2) is 0 Å². The van der Waals surface area contributed by atoms with Gasteiger partial charge in [-0.15, -0.1) is 0 Å². The summed E-state index contributed by atoms with van der Waals surface area (Å²) in [5.74, 6) is 0. The average molecular weight is 328 g/mol. The van der Waals surface area contributed by atoms with Crippen LogP contribution in [0.4, 0.5) is 5.69 Å². The number of rotatable bonds is 4. The molecule has 21 heavy (non-hydrogen) atoms. The summed E-state index contributed by atoms with van der Waals surface area (Å²) in [6.45, 7) is 7.76. The first-order valence-corrected chi connectivity index (χ1v) is 8.46. The molecule has 7 heteroatoms. The van der Waals surface area contributed by atoms with Gasteiger partial charge in [0.2, 0.25) is 0 Å². The van der Waals surface area contributed by atoms with Crippen LogP contribution < -0.4 is 4.72 Å². The molecule has 5 nitrogen and oxygen atoms in total. The van der Waals surface area contributed by atoms with Crippen molar-refractivity contribution in [1.29, 1.82) is 0 Å². The Balaban J connectivity index is 2.49. The van der Waals surface area contributed by atoms with E-state index in [1.807, 2.05) is 6.92 Å². The van der Waals surface area contributed by atoms with E-state index in [1.54, 1.807) is 43.7 Å². The van der Waals surface area contributed by atoms with Crippen LogP contribution in [0.25, 0.3) is 0 Å². The van der Waals surface area contributed by atoms with E-state index >= 15 is 0 Å². The van der Waals surface area contributed by atoms with Crippen molar-refractivity contribution in [3.8, 4) is 0 Å². The highest BCUT2D eigenvalue weighted by atomic mass is 35.5. The summed E-state index contributed by atoms with van der Waals surface area (Å²) in [6, 6.07) is 5.12. The molecule has 0 bridgehead atoms. The van der Waals surface area contributed by atoms with Gasteiger partial charge in [-0.25, -0.2) is 8.42 Å². The summed E-state index contributed by atoms with van der Waals surface area (Å²) in [5, 5.41) is 4.77. The lowest BCUT2D eigenvalue weighted by atomic mass is 10.2. The molecule has 1 aromatic heterocycles. The molecule has 0 radical (unpaired) electrons. The maximum Gasteiger partial charge on any atom is 0.265 e. The van der Waals surface area contributed by atoms with Gasteiger partial charge in [0.1, 0.15) is 4.90 Å². The molecule has 0 unspecified atom stereocenters. The minimum absolute atomic E-state index is 0.226. The molecule has 1 aromatic carbocycles. The Morgan fingerprint density at radius 2 is 1.95 bits per heavy atom. The predicted molar refractivity (Wildman–Crippen MR) is 84.4 cm³/mol. The number of sulfonamides is 1. The first kappa shape index (κ1) is 15.9. The van der Waals surface area contributed by atoms with Gasteiger partial charge in [0.05, 0.1) is 17.1 Å². The minimum atomic E-state index is -3.70. The molecule has 0 spiro atoms. The zero-order valence-corrected chi connectivity index (χ0v) is 14.0. The van der Waals surface area contributed by atoms with Crippen LogP contribution >= 0.6 is 11.6 Å². The van der Waals surface area contributed by atoms with Crippen LogP contribution in [0.5, 0.6) is 0 Å². The van der Waals surface area contributed by atoms with Crippen molar-refractivity contribution in [3.63, 3.8) is 0 Å². The lowest BCUT2D eigenvalue weighted by Crippen LogP contribution is -2.15. The maximum atomic E-state index is 12.6. The van der Waals surface area contributed by atoms with Crippen LogP contribution in [0, 0.1) is 20.8 Å². The van der Waals surface area contributed by atoms with E-state index < -0.39 is 10.0 Å². The van der Waals surface area contributed by atoms with Gasteiger partial charge >= 0.3 is 0 Å². The molecule has 2 aromatic rings. The fraction of sp³-hybridized carbons (Fsp3) is 0.357. The molecule has 2 rings (SSSR count). The Morgan fingerprint density at radius 1 is 1.29 bits per heavy atom. The van der Waals surface area contributed by atoms with Crippen LogP contribution in [-0.2, 0) is 16.6 Å². The number of aromatic nitrogens is 2. The quantitative estimate of drug-likeness (QED) is 0.937. The zero-order valence-electron chi connectivity index (χ0n) is 12.4. The van der Waals surface area contributed by atoms with Gasteiger partial charge in [0, 0.05) is 11.6 Å². The van der Waals surface area contributed by atoms with E-state index in [9.17, 15) is 8.42 Å². The molecule has 0 saturated carbocycles. The van der Waals surface area contributed by atoms with Gasteiger partial charge in [-0.05, 0) is 45.4 Å². The van der Waals surface area contributed by atoms with Crippen molar-refractivity contribution in [2.24, 2.45) is 0 Å². The molecule has 0 amide bonds. The van der Waals surface area contributed by atoms with E-state index in [0.717, 1.165) is 0 Å². The molecule has 0 aliphatic heterocycles. The Kier molecular flexibility index (Phi) is 4.30. The van der Waals surface area contributed by atoms with Gasteiger partial charge in [-0.1, -0.05) is 17.7 Å². The van der Waals surface area contributed by atoms with Crippen molar-refractivity contribution >= 4 is 27.3 Å². The molecule has 0 aliphatic carbocycles. The van der Waals surface area contributed by atoms with Crippen LogP contribution in [0.15, 0.2) is 23.1 Å². The highest BCUT2D eigenvalue weighted by molar-refractivity contribution is 7.92. The van der Waals surface area contributed by atoms with Crippen LogP contribution in [0.1, 0.15) is 23.9 Å². The summed E-state index contributed by atoms with van der Waals surface area (Å²) in [5.41, 5.74) is 2.29. The van der Waals surface area contributed by atoms with Crippen LogP contribution in [0.2, 0.25) is 5.02 Å². The summed E-state index contributed by atoms with van der Waals surface area (Å²) < 4.78 is 29.5. The van der Waals surface area contributed by atoms with Gasteiger partial charge < -0.3 is 0 Å². The Hall–Kier alpha value is -1.53. The fourth-order valence-corrected chi connectivity index (χ4v) is 4.00. The van der Waals surface area contributed by atoms with Gasteiger partial charge in [0.25, 0.3) is 10.0 Å². The number of benzene rings is 1. The van der Waals surface area contributed by atoms with E-state index in [2.05, 4.69) is 9.82 Å². The second kappa shape index (κ2) is 5.69. The van der Waals surface area contributed by atoms with E-state index in [-0.39, 0.29) is 4.90 Å². The number of aryl methyl sites for hydroxylation is 2. The second-order valence-electron chi connectivity index (χ2n) is 4.83. The predicted octanol–water partition coefficient (Wildman–Crippen LogP) is 3.28. The largest absolute Gasteiger partial charge is 0.279 e. The topological polar surface area (TPSA) is 64.0 Å². The highest BCUT2D eigenvalue weighted by Crippen LogP contribution is 2.27. The lowest BCUT2D eigenvalue weighted by molar-refractivity contribution is 0.598. The summed E-state index contributed by atoms with van der Waals surface area (Å²) in [7, 11) is -3.70. The van der Waals surface area contributed by atoms with Crippen molar-refractivity contribution in [2.75, 3.05) is 4.72 Å². The molecule has 1 N–H and O–H groups in total. The smallest absolute Gasteiger partial charge is 0.265 e. The Morgan fingerprint density at radius 3 is 2.52 bits per heavy atom. The SMILES string of the molecule is CCn1nc(C)c(S(=O)(=O)Nc2cccc(Cl)c2C)c1C. The van der Waals surface area contributed by atoms with Crippen molar-refractivity contribution in [2.45, 2.75) is 39.1 Å². The molecule has 1 heterocycles. The lowest BCUT2D eigenvalue weighted by Gasteiger charge is -2.11. The molecule has 0 fully saturated rings. The number of hydrogen-bond acceptors (Lipinski definition) is 3. The van der Waals surface area contributed by atoms with Crippen molar-refractivity contribution < 1.29 is 8.42 Å². The first-order chi connectivity index (χ1) is 9.77. The average Bonchev–Trinajstić information content (AvgIpc) is 2.70. The number of anilines is 1. The van der Waals surface area contributed by atoms with E-state index in [0.29, 0.717) is 34.2 Å². The zero-order chi connectivity index (χ0) is 15.8. The summed E-state index contributed by atoms with van der Waals surface area (Å²) in [4.78, 5) is 0.226. The maximum absolute atomic E-state index is 12.6. The standard InChI is InChI=1S/C14H18ClN3O2S/c1-5-18-11(4)14(10(3)16-18)21(19,20)17-13-8-6-7-12(15)9(13)2/h6-8,17H,5H2,1-4H3. The third-order valence-electron chi connectivity index (χ3n) is 3.40. The molecule has 114 valence electrons. The fourth-order valence-electron chi connectivity index (χ4n) is 2.29. The molecular weight excluding hydrogens is 310 g/mol. The Bertz CT molecular complexity index is 782. The second-order valence-corrected chi connectivity index (χ2v) is 6.86. The normalized spacial score (nSPS) is 11.7. The third kappa shape index (κ3) is 2.91. The summed E-state index contributed by atoms with van der Waals surface area (Å²) in [6.07, 6.45) is 0. The molecule has 0 aliphatic rings. The minimum Gasteiger partial charge on any atom is -0.279 e. The van der Waals surface area contributed by atoms with Gasteiger partial charge in [-0.2, -0.15) is 5.10 Å². The van der Waals surface area contributed by atoms with Crippen molar-refractivity contribution in [1.82, 2.24) is 9.78 Å².